The van der Waals surface area contributed by atoms with Gasteiger partial charge in [-0.1, -0.05) is 22.0 Å². The molecule has 0 amide bonds. The lowest BCUT2D eigenvalue weighted by Crippen LogP contribution is -2.45. The Morgan fingerprint density at radius 2 is 1.77 bits per heavy atom. The highest BCUT2D eigenvalue weighted by molar-refractivity contribution is 9.10. The number of nitrogens with zero attached hydrogens (tertiary/aromatic N) is 1. The van der Waals surface area contributed by atoms with E-state index in [2.05, 4.69) is 15.9 Å². The summed E-state index contributed by atoms with van der Waals surface area (Å²) in [6.45, 7) is 5.05. The number of esters is 1. The highest BCUT2D eigenvalue weighted by Gasteiger charge is 2.59. The van der Waals surface area contributed by atoms with Gasteiger partial charge in [-0.3, -0.25) is 19.2 Å². The molecule has 1 fully saturated rings. The van der Waals surface area contributed by atoms with Crippen molar-refractivity contribution in [2.45, 2.75) is 32.9 Å². The minimum absolute atomic E-state index is 0.104. The van der Waals surface area contributed by atoms with Crippen LogP contribution in [-0.2, 0) is 19.1 Å². The topological polar surface area (TPSA) is 101 Å². The molecule has 0 saturated carbocycles. The number of fused-ring (bicyclic) bond motifs is 2. The second-order valence-corrected chi connectivity index (χ2v) is 8.21. The van der Waals surface area contributed by atoms with Crippen LogP contribution in [0.5, 0.6) is 0 Å². The molecule has 2 heterocycles. The number of ether oxygens (including phenoxy) is 1. The second-order valence-electron chi connectivity index (χ2n) is 7.29. The van der Waals surface area contributed by atoms with Gasteiger partial charge in [-0.05, 0) is 51.1 Å². The Hall–Kier alpha value is -2.74. The second kappa shape index (κ2) is 8.55. The van der Waals surface area contributed by atoms with Gasteiger partial charge < -0.3 is 14.7 Å². The number of hydrogen-bond acceptors (Lipinski definition) is 6. The van der Waals surface area contributed by atoms with Gasteiger partial charge in [0.1, 0.15) is 12.0 Å². The van der Waals surface area contributed by atoms with Crippen LogP contribution in [0.4, 0.5) is 0 Å². The summed E-state index contributed by atoms with van der Waals surface area (Å²) in [5, 5.41) is 9.82. The highest BCUT2D eigenvalue weighted by atomic mass is 79.9. The van der Waals surface area contributed by atoms with Gasteiger partial charge in [-0.25, -0.2) is 0 Å². The van der Waals surface area contributed by atoms with Gasteiger partial charge in [0.25, 0.3) is 0 Å². The number of carbonyl (C=O) groups excluding carboxylic acids is 3. The van der Waals surface area contributed by atoms with Crippen LogP contribution in [0, 0.1) is 11.8 Å². The Kier molecular flexibility index (Phi) is 6.26. The summed E-state index contributed by atoms with van der Waals surface area (Å²) in [6, 6.07) is 5.12. The van der Waals surface area contributed by atoms with E-state index in [4.69, 9.17) is 4.74 Å². The number of carboxylic acid groups (broad SMARTS) is 1. The molecular weight excluding hydrogens is 454 g/mol. The molecular formula is C22H22BrNO6. The van der Waals surface area contributed by atoms with Gasteiger partial charge in [0, 0.05) is 21.3 Å². The number of Topliss-reactive ketones (excluding diaryl/α,β-unsaturated/α-hetero) is 1. The number of aliphatic carboxylic acids is 1. The summed E-state index contributed by atoms with van der Waals surface area (Å²) in [6.07, 6.45) is 2.85. The average molecular weight is 476 g/mol. The van der Waals surface area contributed by atoms with Crippen LogP contribution in [0.25, 0.3) is 0 Å². The van der Waals surface area contributed by atoms with Crippen LogP contribution in [-0.4, -0.2) is 52.2 Å². The zero-order valence-electron chi connectivity index (χ0n) is 16.8. The molecule has 7 nitrogen and oxygen atoms in total. The molecule has 0 aromatic heterocycles. The SMILES string of the molecule is CCOC(=O)C1C(C(=O)O)C2C(=O)C=CC1N2/C(C)=C(\C)C(=O)c1ccc(Br)cc1. The fraction of sp³-hybridized carbons (Fsp3) is 0.364. The molecule has 0 radical (unpaired) electrons. The minimum atomic E-state index is -1.26. The molecule has 8 heteroatoms. The lowest BCUT2D eigenvalue weighted by atomic mass is 9.87. The predicted octanol–water partition coefficient (Wildman–Crippen LogP) is 3.00. The van der Waals surface area contributed by atoms with Gasteiger partial charge in [-0.2, -0.15) is 0 Å². The van der Waals surface area contributed by atoms with Gasteiger partial charge in [0.2, 0.25) is 0 Å². The van der Waals surface area contributed by atoms with Crippen molar-refractivity contribution < 1.29 is 29.0 Å². The number of benzene rings is 1. The van der Waals surface area contributed by atoms with Gasteiger partial charge in [-0.15, -0.1) is 0 Å². The smallest absolute Gasteiger partial charge is 0.312 e. The van der Waals surface area contributed by atoms with Crippen molar-refractivity contribution >= 4 is 39.4 Å². The number of hydrogen-bond donors (Lipinski definition) is 1. The van der Waals surface area contributed by atoms with E-state index in [9.17, 15) is 24.3 Å². The summed E-state index contributed by atoms with van der Waals surface area (Å²) in [5.41, 5.74) is 1.32. The Morgan fingerprint density at radius 1 is 1.13 bits per heavy atom. The van der Waals surface area contributed by atoms with E-state index in [0.717, 1.165) is 4.47 Å². The molecule has 3 rings (SSSR count). The van der Waals surface area contributed by atoms with Crippen LogP contribution < -0.4 is 0 Å². The van der Waals surface area contributed by atoms with Crippen molar-refractivity contribution in [2.75, 3.05) is 6.61 Å². The Bertz CT molecular complexity index is 964. The van der Waals surface area contributed by atoms with Crippen LogP contribution in [0.1, 0.15) is 31.1 Å². The van der Waals surface area contributed by atoms with Gasteiger partial charge in [0.15, 0.2) is 11.6 Å². The summed E-state index contributed by atoms with van der Waals surface area (Å²) >= 11 is 3.33. The van der Waals surface area contributed by atoms with E-state index in [0.29, 0.717) is 16.8 Å². The lowest BCUT2D eigenvalue weighted by molar-refractivity contribution is -0.156. The molecule has 4 unspecified atom stereocenters. The molecule has 1 saturated heterocycles. The predicted molar refractivity (Wildman–Crippen MR) is 112 cm³/mol. The molecule has 0 aliphatic carbocycles. The zero-order chi connectivity index (χ0) is 22.2. The van der Waals surface area contributed by atoms with Crippen LogP contribution >= 0.6 is 15.9 Å². The third kappa shape index (κ3) is 3.71. The van der Waals surface area contributed by atoms with E-state index in [1.54, 1.807) is 49.9 Å². The molecule has 1 aromatic carbocycles. The molecule has 158 valence electrons. The largest absolute Gasteiger partial charge is 0.481 e. The first-order chi connectivity index (χ1) is 14.2. The number of rotatable bonds is 6. The first-order valence-electron chi connectivity index (χ1n) is 9.56. The van der Waals surface area contributed by atoms with Crippen molar-refractivity contribution in [3.05, 3.63) is 57.7 Å². The van der Waals surface area contributed by atoms with Crippen molar-refractivity contribution in [3.63, 3.8) is 0 Å². The van der Waals surface area contributed by atoms with Crippen molar-refractivity contribution in [3.8, 4) is 0 Å². The van der Waals surface area contributed by atoms with Crippen LogP contribution in [0.2, 0.25) is 0 Å². The third-order valence-corrected chi connectivity index (χ3v) is 6.21. The number of halogens is 1. The number of carboxylic acids is 1. The molecule has 1 N–H and O–H groups in total. The standard InChI is InChI=1S/C22H22BrNO6/c1-4-30-22(29)17-15-9-10-16(25)19(18(17)21(27)28)24(15)12(3)11(2)20(26)13-5-7-14(23)8-6-13/h5-10,15,17-19H,4H2,1-3H3,(H,27,28)/b12-11+. The van der Waals surface area contributed by atoms with Crippen LogP contribution in [0.3, 0.4) is 0 Å². The summed E-state index contributed by atoms with van der Waals surface area (Å²) < 4.78 is 5.94. The zero-order valence-corrected chi connectivity index (χ0v) is 18.4. The lowest BCUT2D eigenvalue weighted by Gasteiger charge is -2.35. The van der Waals surface area contributed by atoms with Gasteiger partial charge in [0.05, 0.1) is 18.6 Å². The first kappa shape index (κ1) is 22.0. The van der Waals surface area contributed by atoms with E-state index in [1.165, 1.54) is 12.2 Å². The molecule has 2 aliphatic heterocycles. The fourth-order valence-electron chi connectivity index (χ4n) is 4.18. The minimum Gasteiger partial charge on any atom is -0.481 e. The van der Waals surface area contributed by atoms with Crippen molar-refractivity contribution in [2.24, 2.45) is 11.8 Å². The third-order valence-electron chi connectivity index (χ3n) is 5.69. The van der Waals surface area contributed by atoms with E-state index < -0.39 is 41.6 Å². The number of allylic oxidation sites excluding steroid dienone is 2. The monoisotopic (exact) mass is 475 g/mol. The summed E-state index contributed by atoms with van der Waals surface area (Å²) in [4.78, 5) is 51.8. The Labute approximate surface area is 182 Å². The summed E-state index contributed by atoms with van der Waals surface area (Å²) in [5.74, 6) is -4.85. The maximum Gasteiger partial charge on any atom is 0.312 e. The Balaban J connectivity index is 2.06. The Morgan fingerprint density at radius 3 is 2.33 bits per heavy atom. The van der Waals surface area contributed by atoms with Crippen molar-refractivity contribution in [1.82, 2.24) is 4.90 Å². The molecule has 0 spiro atoms. The maximum atomic E-state index is 13.0. The van der Waals surface area contributed by atoms with E-state index >= 15 is 0 Å². The molecule has 4 atom stereocenters. The molecule has 2 bridgehead atoms. The molecule has 2 aliphatic rings. The summed E-state index contributed by atoms with van der Waals surface area (Å²) in [7, 11) is 0. The van der Waals surface area contributed by atoms with E-state index in [-0.39, 0.29) is 12.4 Å². The quantitative estimate of drug-likeness (QED) is 0.383. The van der Waals surface area contributed by atoms with Crippen molar-refractivity contribution in [1.29, 1.82) is 0 Å². The maximum absolute atomic E-state index is 13.0. The van der Waals surface area contributed by atoms with Crippen LogP contribution in [0.15, 0.2) is 52.2 Å². The molecule has 30 heavy (non-hydrogen) atoms. The van der Waals surface area contributed by atoms with E-state index in [1.807, 2.05) is 0 Å². The average Bonchev–Trinajstić information content (AvgIpc) is 2.98. The van der Waals surface area contributed by atoms with Gasteiger partial charge >= 0.3 is 11.9 Å². The normalized spacial score (nSPS) is 25.7. The number of ketones is 2. The first-order valence-corrected chi connectivity index (χ1v) is 10.4. The number of carbonyl (C=O) groups is 4. The highest BCUT2D eigenvalue weighted by Crippen LogP contribution is 2.43. The fourth-order valence-corrected chi connectivity index (χ4v) is 4.44. The molecule has 1 aromatic rings.